The molecular weight excluding hydrogens is 354 g/mol. The van der Waals surface area contributed by atoms with Crippen LogP contribution in [0.2, 0.25) is 5.02 Å². The lowest BCUT2D eigenvalue weighted by atomic mass is 10.00. The number of carbonyl (C=O) groups is 1. The highest BCUT2D eigenvalue weighted by Gasteiger charge is 2.37. The third-order valence-corrected chi connectivity index (χ3v) is 5.81. The van der Waals surface area contributed by atoms with Crippen molar-refractivity contribution < 1.29 is 22.7 Å². The fourth-order valence-corrected chi connectivity index (χ4v) is 3.99. The van der Waals surface area contributed by atoms with Gasteiger partial charge in [0.2, 0.25) is 0 Å². The Kier molecular flexibility index (Phi) is 5.15. The first-order chi connectivity index (χ1) is 11.4. The molecule has 2 saturated heterocycles. The van der Waals surface area contributed by atoms with Crippen LogP contribution in [0.4, 0.5) is 0 Å². The normalized spacial score (nSPS) is 22.8. The molecule has 132 valence electrons. The molecule has 1 unspecified atom stereocenters. The van der Waals surface area contributed by atoms with Crippen molar-refractivity contribution in [2.75, 3.05) is 26.0 Å². The average Bonchev–Trinajstić information content (AvgIpc) is 3.08. The molecule has 2 aliphatic rings. The van der Waals surface area contributed by atoms with E-state index in [0.29, 0.717) is 19.8 Å². The molecule has 24 heavy (non-hydrogen) atoms. The van der Waals surface area contributed by atoms with E-state index in [1.165, 1.54) is 18.2 Å². The highest BCUT2D eigenvalue weighted by Crippen LogP contribution is 2.29. The van der Waals surface area contributed by atoms with E-state index in [0.717, 1.165) is 25.5 Å². The molecule has 1 aromatic carbocycles. The second-order valence-electron chi connectivity index (χ2n) is 6.09. The molecule has 1 atom stereocenters. The lowest BCUT2D eigenvalue weighted by molar-refractivity contribution is -0.100. The maximum atomic E-state index is 13.0. The first kappa shape index (κ1) is 17.7. The third-order valence-electron chi connectivity index (χ3n) is 4.37. The smallest absolute Gasteiger partial charge is 0.255 e. The van der Waals surface area contributed by atoms with Crippen LogP contribution in [0.25, 0.3) is 0 Å². The molecule has 8 heteroatoms. The number of halogens is 1. The van der Waals surface area contributed by atoms with E-state index in [4.69, 9.17) is 21.1 Å². The van der Waals surface area contributed by atoms with Gasteiger partial charge >= 0.3 is 0 Å². The van der Waals surface area contributed by atoms with Crippen LogP contribution in [0, 0.1) is 0 Å². The number of sulfone groups is 1. The van der Waals surface area contributed by atoms with Crippen LogP contribution in [-0.4, -0.2) is 57.6 Å². The van der Waals surface area contributed by atoms with E-state index in [2.05, 4.69) is 0 Å². The van der Waals surface area contributed by atoms with Gasteiger partial charge in [-0.2, -0.15) is 0 Å². The summed E-state index contributed by atoms with van der Waals surface area (Å²) in [6.07, 6.45) is 3.35. The number of benzene rings is 1. The van der Waals surface area contributed by atoms with Gasteiger partial charge in [-0.15, -0.1) is 0 Å². The molecule has 0 spiro atoms. The number of hydrogen-bond acceptors (Lipinski definition) is 5. The van der Waals surface area contributed by atoms with E-state index < -0.39 is 16.1 Å². The van der Waals surface area contributed by atoms with Gasteiger partial charge in [0.05, 0.1) is 34.7 Å². The Bertz CT molecular complexity index is 730. The van der Waals surface area contributed by atoms with Gasteiger partial charge in [-0.3, -0.25) is 4.79 Å². The lowest BCUT2D eigenvalue weighted by Gasteiger charge is -2.38. The van der Waals surface area contributed by atoms with Crippen LogP contribution in [0.5, 0.6) is 0 Å². The van der Waals surface area contributed by atoms with Crippen LogP contribution in [0.3, 0.4) is 0 Å². The summed E-state index contributed by atoms with van der Waals surface area (Å²) in [4.78, 5) is 14.8. The Balaban J connectivity index is 1.91. The molecule has 1 aromatic rings. The van der Waals surface area contributed by atoms with Crippen molar-refractivity contribution in [3.8, 4) is 0 Å². The molecule has 0 aliphatic carbocycles. The number of amides is 1. The molecule has 6 nitrogen and oxygen atoms in total. The third kappa shape index (κ3) is 3.59. The highest BCUT2D eigenvalue weighted by molar-refractivity contribution is 7.90. The predicted octanol–water partition coefficient (Wildman–Crippen LogP) is 2.11. The second-order valence-corrected chi connectivity index (χ2v) is 8.51. The Morgan fingerprint density at radius 3 is 2.62 bits per heavy atom. The monoisotopic (exact) mass is 373 g/mol. The fourth-order valence-electron chi connectivity index (χ4n) is 3.14. The zero-order valence-corrected chi connectivity index (χ0v) is 15.0. The number of carbonyl (C=O) groups excluding carboxylic acids is 1. The van der Waals surface area contributed by atoms with E-state index in [9.17, 15) is 13.2 Å². The van der Waals surface area contributed by atoms with Gasteiger partial charge in [0.25, 0.3) is 5.91 Å². The number of ether oxygens (including phenoxy) is 2. The Hall–Kier alpha value is -1.15. The molecule has 3 rings (SSSR count). The number of rotatable bonds is 3. The van der Waals surface area contributed by atoms with Crippen LogP contribution < -0.4 is 0 Å². The largest absolute Gasteiger partial charge is 0.348 e. The summed E-state index contributed by atoms with van der Waals surface area (Å²) in [6, 6.07) is 4.03. The standard InChI is InChI=1S/C16H20ClNO5S/c1-24(20,21)11-5-6-13(17)12(10-11)15(19)18-7-3-2-4-14(18)16-22-8-9-23-16/h5-6,10,14,16H,2-4,7-9H2,1H3. The molecule has 0 aromatic heterocycles. The molecular formula is C16H20ClNO5S. The van der Waals surface area contributed by atoms with Crippen molar-refractivity contribution in [3.05, 3.63) is 28.8 Å². The Morgan fingerprint density at radius 2 is 1.96 bits per heavy atom. The maximum Gasteiger partial charge on any atom is 0.255 e. The van der Waals surface area contributed by atoms with Crippen molar-refractivity contribution in [2.24, 2.45) is 0 Å². The van der Waals surface area contributed by atoms with Gasteiger partial charge in [-0.1, -0.05) is 11.6 Å². The molecule has 0 N–H and O–H groups in total. The van der Waals surface area contributed by atoms with Gasteiger partial charge in [-0.05, 0) is 37.5 Å². The summed E-state index contributed by atoms with van der Waals surface area (Å²) < 4.78 is 34.7. The average molecular weight is 374 g/mol. The van der Waals surface area contributed by atoms with Crippen LogP contribution in [-0.2, 0) is 19.3 Å². The molecule has 0 radical (unpaired) electrons. The van der Waals surface area contributed by atoms with Crippen LogP contribution >= 0.6 is 11.6 Å². The van der Waals surface area contributed by atoms with Gasteiger partial charge in [-0.25, -0.2) is 8.42 Å². The summed E-state index contributed by atoms with van der Waals surface area (Å²) in [5.74, 6) is -0.283. The van der Waals surface area contributed by atoms with Crippen LogP contribution in [0.15, 0.2) is 23.1 Å². The SMILES string of the molecule is CS(=O)(=O)c1ccc(Cl)c(C(=O)N2CCCCC2C2OCCO2)c1. The molecule has 0 saturated carbocycles. The van der Waals surface area contributed by atoms with E-state index >= 15 is 0 Å². The Morgan fingerprint density at radius 1 is 1.25 bits per heavy atom. The number of nitrogens with zero attached hydrogens (tertiary/aromatic N) is 1. The minimum absolute atomic E-state index is 0.0807. The summed E-state index contributed by atoms with van der Waals surface area (Å²) >= 11 is 6.16. The first-order valence-corrected chi connectivity index (χ1v) is 10.2. The van der Waals surface area contributed by atoms with Gasteiger partial charge in [0, 0.05) is 12.8 Å². The summed E-state index contributed by atoms with van der Waals surface area (Å²) in [7, 11) is -3.41. The Labute approximate surface area is 146 Å². The number of piperidine rings is 1. The fraction of sp³-hybridized carbons (Fsp3) is 0.562. The summed E-state index contributed by atoms with van der Waals surface area (Å²) in [5.41, 5.74) is 0.199. The highest BCUT2D eigenvalue weighted by atomic mass is 35.5. The predicted molar refractivity (Wildman–Crippen MR) is 88.9 cm³/mol. The van der Waals surface area contributed by atoms with Crippen molar-refractivity contribution in [1.29, 1.82) is 0 Å². The molecule has 2 fully saturated rings. The summed E-state index contributed by atoms with van der Waals surface area (Å²) in [6.45, 7) is 1.62. The zero-order valence-electron chi connectivity index (χ0n) is 13.4. The maximum absolute atomic E-state index is 13.0. The first-order valence-electron chi connectivity index (χ1n) is 7.92. The van der Waals surface area contributed by atoms with Crippen molar-refractivity contribution in [3.63, 3.8) is 0 Å². The molecule has 0 bridgehead atoms. The van der Waals surface area contributed by atoms with Gasteiger partial charge in [0.15, 0.2) is 16.1 Å². The number of hydrogen-bond donors (Lipinski definition) is 0. The van der Waals surface area contributed by atoms with Gasteiger partial charge < -0.3 is 14.4 Å². The van der Waals surface area contributed by atoms with Crippen molar-refractivity contribution in [1.82, 2.24) is 4.90 Å². The number of likely N-dealkylation sites (tertiary alicyclic amines) is 1. The van der Waals surface area contributed by atoms with Crippen molar-refractivity contribution in [2.45, 2.75) is 36.5 Å². The van der Waals surface area contributed by atoms with E-state index in [1.807, 2.05) is 0 Å². The van der Waals surface area contributed by atoms with Crippen molar-refractivity contribution >= 4 is 27.3 Å². The minimum atomic E-state index is -3.41. The minimum Gasteiger partial charge on any atom is -0.348 e. The second kappa shape index (κ2) is 7.00. The molecule has 2 heterocycles. The zero-order chi connectivity index (χ0) is 17.3. The molecule has 1 amide bonds. The van der Waals surface area contributed by atoms with E-state index in [1.54, 1.807) is 4.90 Å². The topological polar surface area (TPSA) is 72.9 Å². The van der Waals surface area contributed by atoms with Gasteiger partial charge in [0.1, 0.15) is 0 Å². The molecule has 2 aliphatic heterocycles. The lowest BCUT2D eigenvalue weighted by Crippen LogP contribution is -2.50. The van der Waals surface area contributed by atoms with Crippen LogP contribution in [0.1, 0.15) is 29.6 Å². The summed E-state index contributed by atoms with van der Waals surface area (Å²) in [5, 5.41) is 0.241. The quantitative estimate of drug-likeness (QED) is 0.811. The van der Waals surface area contributed by atoms with E-state index in [-0.39, 0.29) is 27.4 Å².